The Bertz CT molecular complexity index is 448. The third-order valence-electron chi connectivity index (χ3n) is 2.98. The highest BCUT2D eigenvalue weighted by atomic mass is 16.5. The fraction of sp³-hybridized carbons (Fsp3) is 0.714. The van der Waals surface area contributed by atoms with E-state index in [0.717, 1.165) is 12.8 Å². The number of hydrogen-bond acceptors (Lipinski definition) is 6. The van der Waals surface area contributed by atoms with Gasteiger partial charge in [-0.1, -0.05) is 6.92 Å². The van der Waals surface area contributed by atoms with Crippen LogP contribution >= 0.6 is 0 Å². The van der Waals surface area contributed by atoms with Gasteiger partial charge in [0.2, 0.25) is 11.7 Å². The Labute approximate surface area is 135 Å². The van der Waals surface area contributed by atoms with Gasteiger partial charge in [0, 0.05) is 20.1 Å². The van der Waals surface area contributed by atoms with Gasteiger partial charge in [-0.05, 0) is 19.9 Å². The number of carbonyl (C=O) groups excluding carboxylic acids is 3. The number of nitrogens with one attached hydrogen (secondary N) is 2. The number of hydrogen-bond donors (Lipinski definition) is 2. The molecule has 0 fully saturated rings. The fourth-order valence-electron chi connectivity index (χ4n) is 1.56. The molecule has 1 amide bonds. The number of amides is 1. The smallest absolute Gasteiger partial charge is 0.328 e. The number of Topliss-reactive ketones (excluding diaryl/α,β-unsaturated/α-hetero) is 1. The summed E-state index contributed by atoms with van der Waals surface area (Å²) in [5.74, 6) is -1.58. The summed E-state index contributed by atoms with van der Waals surface area (Å²) in [5, 5.41) is 5.48. The molecule has 0 heterocycles. The van der Waals surface area contributed by atoms with E-state index < -0.39 is 29.8 Å². The second kappa shape index (κ2) is 12.5. The maximum Gasteiger partial charge on any atom is 0.328 e. The number of methoxy groups -OCH3 is 1. The normalized spacial score (nSPS) is 12.7. The number of carbonyl (C=O) groups is 3. The molecular formula is C14H24N4O5. The first kappa shape index (κ1) is 20.9. The summed E-state index contributed by atoms with van der Waals surface area (Å²) in [6.45, 7) is 4.86. The average molecular weight is 328 g/mol. The summed E-state index contributed by atoms with van der Waals surface area (Å²) < 4.78 is 9.94. The molecule has 0 bridgehead atoms. The minimum Gasteiger partial charge on any atom is -0.463 e. The molecule has 130 valence electrons. The van der Waals surface area contributed by atoms with Gasteiger partial charge in [0.15, 0.2) is 0 Å². The Hall–Kier alpha value is -2.09. The summed E-state index contributed by atoms with van der Waals surface area (Å²) >= 11 is 0. The largest absolute Gasteiger partial charge is 0.463 e. The molecular weight excluding hydrogens is 304 g/mol. The number of likely N-dealkylation sites (N-methyl/N-ethyl adjacent to an activating group) is 1. The van der Waals surface area contributed by atoms with Crippen LogP contribution in [0.1, 0.15) is 26.7 Å². The second-order valence-corrected chi connectivity index (χ2v) is 4.71. The van der Waals surface area contributed by atoms with Crippen molar-refractivity contribution in [2.45, 2.75) is 38.8 Å². The molecule has 0 saturated carbocycles. The molecule has 0 rings (SSSR count). The first-order chi connectivity index (χ1) is 11.0. The Morgan fingerprint density at radius 2 is 2.04 bits per heavy atom. The van der Waals surface area contributed by atoms with Crippen LogP contribution in [0.4, 0.5) is 0 Å². The SMILES string of the molecule is CCNCCOC(=O)[C@H](CCC(=O)C=[N+]=[N-])NC(=O)[C@H](C)OC. The molecule has 2 N–H and O–H groups in total. The van der Waals surface area contributed by atoms with Gasteiger partial charge in [0.1, 0.15) is 18.8 Å². The lowest BCUT2D eigenvalue weighted by Gasteiger charge is -2.19. The van der Waals surface area contributed by atoms with E-state index in [1.165, 1.54) is 14.0 Å². The average Bonchev–Trinajstić information content (AvgIpc) is 2.54. The van der Waals surface area contributed by atoms with Crippen molar-refractivity contribution in [3.05, 3.63) is 5.53 Å². The van der Waals surface area contributed by atoms with E-state index in [0.29, 0.717) is 6.54 Å². The topological polar surface area (TPSA) is 130 Å². The molecule has 0 aliphatic carbocycles. The first-order valence-electron chi connectivity index (χ1n) is 7.37. The summed E-state index contributed by atoms with van der Waals surface area (Å²) in [5.41, 5.74) is 8.29. The molecule has 9 heteroatoms. The van der Waals surface area contributed by atoms with Crippen LogP contribution in [-0.2, 0) is 23.9 Å². The summed E-state index contributed by atoms with van der Waals surface area (Å²) in [4.78, 5) is 37.8. The third kappa shape index (κ3) is 9.51. The van der Waals surface area contributed by atoms with Crippen molar-refractivity contribution in [3.8, 4) is 0 Å². The lowest BCUT2D eigenvalue weighted by molar-refractivity contribution is -0.149. The molecule has 0 aromatic carbocycles. The van der Waals surface area contributed by atoms with E-state index >= 15 is 0 Å². The van der Waals surface area contributed by atoms with Crippen molar-refractivity contribution in [3.63, 3.8) is 0 Å². The van der Waals surface area contributed by atoms with Gasteiger partial charge in [-0.2, -0.15) is 4.79 Å². The van der Waals surface area contributed by atoms with E-state index in [-0.39, 0.29) is 19.4 Å². The number of ether oxygens (including phenoxy) is 2. The standard InChI is InChI=1S/C14H24N4O5/c1-4-16-7-8-23-14(21)12(6-5-11(19)9-17-15)18-13(20)10(2)22-3/h9-10,12,16H,4-8H2,1-3H3,(H,18,20)/t10-,12-/m0/s1. The predicted molar refractivity (Wildman–Crippen MR) is 81.8 cm³/mol. The van der Waals surface area contributed by atoms with Gasteiger partial charge in [0.05, 0.1) is 0 Å². The van der Waals surface area contributed by atoms with Crippen molar-refractivity contribution in [2.24, 2.45) is 0 Å². The molecule has 0 aromatic rings. The molecule has 9 nitrogen and oxygen atoms in total. The monoisotopic (exact) mass is 328 g/mol. The van der Waals surface area contributed by atoms with E-state index in [1.54, 1.807) is 0 Å². The summed E-state index contributed by atoms with van der Waals surface area (Å²) in [6.07, 6.45) is -0.0272. The van der Waals surface area contributed by atoms with Gasteiger partial charge in [-0.15, -0.1) is 0 Å². The number of ketones is 1. The zero-order valence-corrected chi connectivity index (χ0v) is 13.7. The van der Waals surface area contributed by atoms with Crippen molar-refractivity contribution in [2.75, 3.05) is 26.8 Å². The van der Waals surface area contributed by atoms with E-state index in [1.807, 2.05) is 6.92 Å². The number of nitrogens with zero attached hydrogens (tertiary/aromatic N) is 2. The van der Waals surface area contributed by atoms with Crippen LogP contribution in [0, 0.1) is 0 Å². The quantitative estimate of drug-likeness (QED) is 0.160. The van der Waals surface area contributed by atoms with Gasteiger partial charge in [-0.3, -0.25) is 9.59 Å². The van der Waals surface area contributed by atoms with Crippen LogP contribution < -0.4 is 10.6 Å². The molecule has 0 aromatic heterocycles. The molecule has 23 heavy (non-hydrogen) atoms. The molecule has 0 unspecified atom stereocenters. The van der Waals surface area contributed by atoms with Crippen LogP contribution in [0.3, 0.4) is 0 Å². The molecule has 0 saturated heterocycles. The Kier molecular flexibility index (Phi) is 11.3. The third-order valence-corrected chi connectivity index (χ3v) is 2.98. The predicted octanol–water partition coefficient (Wildman–Crippen LogP) is -0.691. The zero-order chi connectivity index (χ0) is 17.7. The minimum atomic E-state index is -0.974. The van der Waals surface area contributed by atoms with Gasteiger partial charge < -0.3 is 25.6 Å². The minimum absolute atomic E-state index is 0.0348. The molecule has 0 radical (unpaired) electrons. The van der Waals surface area contributed by atoms with Crippen LogP contribution in [0.25, 0.3) is 5.53 Å². The lowest BCUT2D eigenvalue weighted by atomic mass is 10.1. The van der Waals surface area contributed by atoms with Gasteiger partial charge in [-0.25, -0.2) is 4.79 Å². The summed E-state index contributed by atoms with van der Waals surface area (Å²) in [7, 11) is 1.37. The van der Waals surface area contributed by atoms with Crippen LogP contribution in [-0.4, -0.2) is 67.6 Å². The van der Waals surface area contributed by atoms with Crippen LogP contribution in [0.5, 0.6) is 0 Å². The maximum atomic E-state index is 12.0. The van der Waals surface area contributed by atoms with Crippen LogP contribution in [0.15, 0.2) is 0 Å². The van der Waals surface area contributed by atoms with E-state index in [4.69, 9.17) is 15.0 Å². The lowest BCUT2D eigenvalue weighted by Crippen LogP contribution is -2.46. The van der Waals surface area contributed by atoms with Crippen molar-refractivity contribution >= 4 is 23.9 Å². The zero-order valence-electron chi connectivity index (χ0n) is 13.7. The second-order valence-electron chi connectivity index (χ2n) is 4.71. The Morgan fingerprint density at radius 1 is 1.35 bits per heavy atom. The molecule has 0 aliphatic rings. The Balaban J connectivity index is 4.63. The highest BCUT2D eigenvalue weighted by Crippen LogP contribution is 2.02. The molecule has 0 spiro atoms. The van der Waals surface area contributed by atoms with Gasteiger partial charge in [0.25, 0.3) is 0 Å². The van der Waals surface area contributed by atoms with Crippen molar-refractivity contribution < 1.29 is 28.6 Å². The van der Waals surface area contributed by atoms with Crippen LogP contribution in [0.2, 0.25) is 0 Å². The van der Waals surface area contributed by atoms with E-state index in [2.05, 4.69) is 15.4 Å². The van der Waals surface area contributed by atoms with Gasteiger partial charge >= 0.3 is 12.2 Å². The Morgan fingerprint density at radius 3 is 2.61 bits per heavy atom. The highest BCUT2D eigenvalue weighted by Gasteiger charge is 2.25. The first-order valence-corrected chi connectivity index (χ1v) is 7.37. The number of rotatable bonds is 12. The number of esters is 1. The van der Waals surface area contributed by atoms with Crippen molar-refractivity contribution in [1.82, 2.24) is 10.6 Å². The fourth-order valence-corrected chi connectivity index (χ4v) is 1.56. The van der Waals surface area contributed by atoms with E-state index in [9.17, 15) is 14.4 Å². The van der Waals surface area contributed by atoms with Crippen molar-refractivity contribution in [1.29, 1.82) is 0 Å². The molecule has 2 atom stereocenters. The molecule has 0 aliphatic heterocycles. The summed E-state index contributed by atoms with van der Waals surface area (Å²) in [6, 6.07) is -0.974. The highest BCUT2D eigenvalue weighted by molar-refractivity contribution is 6.25. The maximum absolute atomic E-state index is 12.0.